The minimum absolute atomic E-state index is 0.0979. The molecule has 0 spiro atoms. The van der Waals surface area contributed by atoms with Crippen LogP contribution < -0.4 is 5.32 Å². The summed E-state index contributed by atoms with van der Waals surface area (Å²) in [6.45, 7) is 4.54. The summed E-state index contributed by atoms with van der Waals surface area (Å²) in [6, 6.07) is 19.7. The average Bonchev–Trinajstić information content (AvgIpc) is 2.97. The van der Waals surface area contributed by atoms with Crippen LogP contribution >= 0.6 is 0 Å². The van der Waals surface area contributed by atoms with Gasteiger partial charge in [-0.3, -0.25) is 4.90 Å². The summed E-state index contributed by atoms with van der Waals surface area (Å²) in [5, 5.41) is 2.88. The Hall–Kier alpha value is -2.33. The van der Waals surface area contributed by atoms with Crippen LogP contribution in [0.15, 0.2) is 54.6 Å². The van der Waals surface area contributed by atoms with Crippen molar-refractivity contribution >= 4 is 6.03 Å². The summed E-state index contributed by atoms with van der Waals surface area (Å²) in [7, 11) is 0. The molecule has 0 aliphatic carbocycles. The van der Waals surface area contributed by atoms with Crippen LogP contribution in [-0.2, 0) is 6.54 Å². The minimum Gasteiger partial charge on any atom is -0.336 e. The number of nitrogens with zero attached hydrogens (tertiary/aromatic N) is 2. The average molecular weight is 307 g/mol. The lowest BCUT2D eigenvalue weighted by Crippen LogP contribution is -2.59. The zero-order chi connectivity index (χ0) is 15.6. The summed E-state index contributed by atoms with van der Waals surface area (Å²) in [5.74, 6) is 0. The number of benzene rings is 2. The number of urea groups is 1. The Kier molecular flexibility index (Phi) is 3.75. The van der Waals surface area contributed by atoms with Gasteiger partial charge in [0.2, 0.25) is 0 Å². The Morgan fingerprint density at radius 3 is 2.52 bits per heavy atom. The van der Waals surface area contributed by atoms with Crippen LogP contribution in [0.2, 0.25) is 0 Å². The third-order valence-electron chi connectivity index (χ3n) is 4.71. The van der Waals surface area contributed by atoms with E-state index in [1.54, 1.807) is 0 Å². The van der Waals surface area contributed by atoms with Gasteiger partial charge < -0.3 is 10.2 Å². The number of hydrogen-bond acceptors (Lipinski definition) is 2. The van der Waals surface area contributed by atoms with Crippen molar-refractivity contribution in [1.82, 2.24) is 15.1 Å². The number of rotatable bonds is 4. The highest BCUT2D eigenvalue weighted by molar-refractivity contribution is 5.76. The van der Waals surface area contributed by atoms with Crippen molar-refractivity contribution in [3.63, 3.8) is 0 Å². The van der Waals surface area contributed by atoms with Crippen molar-refractivity contribution in [1.29, 1.82) is 0 Å². The molecule has 4 rings (SSSR count). The number of hydrogen-bond donors (Lipinski definition) is 1. The Morgan fingerprint density at radius 2 is 1.78 bits per heavy atom. The van der Waals surface area contributed by atoms with E-state index in [0.717, 1.165) is 32.7 Å². The van der Waals surface area contributed by atoms with Crippen LogP contribution in [0.3, 0.4) is 0 Å². The molecule has 2 aliphatic rings. The van der Waals surface area contributed by atoms with Gasteiger partial charge in [0.25, 0.3) is 0 Å². The Labute approximate surface area is 136 Å². The molecular formula is C19H21N3O. The predicted molar refractivity (Wildman–Crippen MR) is 91.0 cm³/mol. The van der Waals surface area contributed by atoms with E-state index in [1.165, 1.54) is 16.7 Å². The number of amides is 2. The highest BCUT2D eigenvalue weighted by Gasteiger charge is 2.36. The second-order valence-electron chi connectivity index (χ2n) is 6.34. The maximum atomic E-state index is 11.7. The highest BCUT2D eigenvalue weighted by atomic mass is 16.2. The first-order chi connectivity index (χ1) is 11.3. The highest BCUT2D eigenvalue weighted by Crippen LogP contribution is 2.23. The monoisotopic (exact) mass is 307 g/mol. The molecule has 0 unspecified atom stereocenters. The Morgan fingerprint density at radius 1 is 1.00 bits per heavy atom. The van der Waals surface area contributed by atoms with Crippen LogP contribution in [0.25, 0.3) is 11.1 Å². The van der Waals surface area contributed by atoms with Crippen molar-refractivity contribution in [2.45, 2.75) is 12.6 Å². The van der Waals surface area contributed by atoms with Crippen LogP contribution in [0, 0.1) is 0 Å². The number of carbonyl (C=O) groups excluding carboxylic acids is 1. The van der Waals surface area contributed by atoms with E-state index in [0.29, 0.717) is 6.04 Å². The lowest BCUT2D eigenvalue weighted by molar-refractivity contribution is 0.0589. The van der Waals surface area contributed by atoms with Gasteiger partial charge in [-0.1, -0.05) is 48.5 Å². The fraction of sp³-hybridized carbons (Fsp3) is 0.316. The van der Waals surface area contributed by atoms with Gasteiger partial charge in [-0.15, -0.1) is 0 Å². The SMILES string of the molecule is O=C1NCCN1C1CN(Cc2cccc(-c3ccccc3)c2)C1. The van der Waals surface area contributed by atoms with Crippen LogP contribution in [0.4, 0.5) is 4.79 Å². The summed E-state index contributed by atoms with van der Waals surface area (Å²) in [5.41, 5.74) is 3.85. The fourth-order valence-corrected chi connectivity index (χ4v) is 3.44. The van der Waals surface area contributed by atoms with E-state index in [-0.39, 0.29) is 6.03 Å². The van der Waals surface area contributed by atoms with Gasteiger partial charge >= 0.3 is 6.03 Å². The van der Waals surface area contributed by atoms with E-state index in [9.17, 15) is 4.79 Å². The molecule has 2 saturated heterocycles. The van der Waals surface area contributed by atoms with Gasteiger partial charge in [-0.2, -0.15) is 0 Å². The molecule has 0 aromatic heterocycles. The van der Waals surface area contributed by atoms with Crippen molar-refractivity contribution in [3.8, 4) is 11.1 Å². The molecule has 2 aliphatic heterocycles. The number of likely N-dealkylation sites (tertiary alicyclic amines) is 1. The maximum Gasteiger partial charge on any atom is 0.317 e. The Bertz CT molecular complexity index is 695. The molecule has 2 fully saturated rings. The summed E-state index contributed by atoms with van der Waals surface area (Å²) >= 11 is 0. The molecule has 2 aromatic carbocycles. The second kappa shape index (κ2) is 6.05. The molecule has 0 atom stereocenters. The van der Waals surface area contributed by atoms with Crippen molar-refractivity contribution in [2.24, 2.45) is 0 Å². The van der Waals surface area contributed by atoms with E-state index in [2.05, 4.69) is 58.7 Å². The first-order valence-electron chi connectivity index (χ1n) is 8.21. The van der Waals surface area contributed by atoms with Crippen LogP contribution in [0.1, 0.15) is 5.56 Å². The van der Waals surface area contributed by atoms with Crippen molar-refractivity contribution in [2.75, 3.05) is 26.2 Å². The molecule has 4 heteroatoms. The minimum atomic E-state index is 0.0979. The van der Waals surface area contributed by atoms with Crippen molar-refractivity contribution < 1.29 is 4.79 Å². The first-order valence-corrected chi connectivity index (χ1v) is 8.21. The fourth-order valence-electron chi connectivity index (χ4n) is 3.44. The summed E-state index contributed by atoms with van der Waals surface area (Å²) in [4.78, 5) is 16.0. The zero-order valence-corrected chi connectivity index (χ0v) is 13.1. The van der Waals surface area contributed by atoms with E-state index in [4.69, 9.17) is 0 Å². The molecule has 0 radical (unpaired) electrons. The van der Waals surface area contributed by atoms with E-state index < -0.39 is 0 Å². The lowest BCUT2D eigenvalue weighted by Gasteiger charge is -2.43. The van der Waals surface area contributed by atoms with E-state index in [1.807, 2.05) is 11.0 Å². The van der Waals surface area contributed by atoms with Gasteiger partial charge in [0, 0.05) is 32.7 Å². The molecule has 118 valence electrons. The number of carbonyl (C=O) groups is 1. The van der Waals surface area contributed by atoms with Gasteiger partial charge in [0.15, 0.2) is 0 Å². The maximum absolute atomic E-state index is 11.7. The van der Waals surface area contributed by atoms with Gasteiger partial charge in [-0.05, 0) is 22.8 Å². The van der Waals surface area contributed by atoms with E-state index >= 15 is 0 Å². The molecule has 23 heavy (non-hydrogen) atoms. The summed E-state index contributed by atoms with van der Waals surface area (Å²) < 4.78 is 0. The molecular weight excluding hydrogens is 286 g/mol. The number of nitrogens with one attached hydrogen (secondary N) is 1. The second-order valence-corrected chi connectivity index (χ2v) is 6.34. The summed E-state index contributed by atoms with van der Waals surface area (Å²) in [6.07, 6.45) is 0. The van der Waals surface area contributed by atoms with Gasteiger partial charge in [0.05, 0.1) is 6.04 Å². The topological polar surface area (TPSA) is 35.6 Å². The smallest absolute Gasteiger partial charge is 0.317 e. The molecule has 1 N–H and O–H groups in total. The lowest BCUT2D eigenvalue weighted by atomic mass is 10.0. The molecule has 2 aromatic rings. The van der Waals surface area contributed by atoms with Gasteiger partial charge in [-0.25, -0.2) is 4.79 Å². The zero-order valence-electron chi connectivity index (χ0n) is 13.1. The first kappa shape index (κ1) is 14.3. The largest absolute Gasteiger partial charge is 0.336 e. The van der Waals surface area contributed by atoms with Gasteiger partial charge in [0.1, 0.15) is 0 Å². The molecule has 4 nitrogen and oxygen atoms in total. The molecule has 0 saturated carbocycles. The third-order valence-corrected chi connectivity index (χ3v) is 4.71. The molecule has 2 amide bonds. The van der Waals surface area contributed by atoms with Crippen molar-refractivity contribution in [3.05, 3.63) is 60.2 Å². The third kappa shape index (κ3) is 2.94. The van der Waals surface area contributed by atoms with Crippen LogP contribution in [0.5, 0.6) is 0 Å². The quantitative estimate of drug-likeness (QED) is 0.942. The predicted octanol–water partition coefficient (Wildman–Crippen LogP) is 2.56. The molecule has 0 bridgehead atoms. The molecule has 2 heterocycles. The normalized spacial score (nSPS) is 18.8. The Balaban J connectivity index is 1.38. The van der Waals surface area contributed by atoms with Crippen LogP contribution in [-0.4, -0.2) is 48.1 Å². The standard InChI is InChI=1S/C19H21N3O/c23-19-20-9-10-22(19)18-13-21(14-18)12-15-5-4-8-17(11-15)16-6-2-1-3-7-16/h1-8,11,18H,9-10,12-14H2,(H,20,23).